The van der Waals surface area contributed by atoms with Crippen LogP contribution >= 0.6 is 0 Å². The number of fused-ring (bicyclic) bond motifs is 2. The van der Waals surface area contributed by atoms with Gasteiger partial charge in [-0.3, -0.25) is 4.79 Å². The summed E-state index contributed by atoms with van der Waals surface area (Å²) in [7, 11) is 0. The van der Waals surface area contributed by atoms with E-state index in [-0.39, 0.29) is 30.3 Å². The van der Waals surface area contributed by atoms with Gasteiger partial charge in [0.2, 0.25) is 0 Å². The molecule has 1 N–H and O–H groups in total. The summed E-state index contributed by atoms with van der Waals surface area (Å²) >= 11 is 0. The van der Waals surface area contributed by atoms with Crippen molar-refractivity contribution >= 4 is 18.0 Å². The van der Waals surface area contributed by atoms with Crippen LogP contribution in [0.3, 0.4) is 0 Å². The van der Waals surface area contributed by atoms with Crippen molar-refractivity contribution in [3.8, 4) is 6.07 Å². The van der Waals surface area contributed by atoms with Crippen molar-refractivity contribution in [3.05, 3.63) is 11.6 Å². The van der Waals surface area contributed by atoms with Gasteiger partial charge in [-0.25, -0.2) is 0 Å². The van der Waals surface area contributed by atoms with E-state index in [1.54, 1.807) is 0 Å². The summed E-state index contributed by atoms with van der Waals surface area (Å²) < 4.78 is 0. The van der Waals surface area contributed by atoms with Gasteiger partial charge in [0.1, 0.15) is 17.8 Å². The van der Waals surface area contributed by atoms with E-state index >= 15 is 0 Å². The topological polar surface area (TPSA) is 99.8 Å². The molecule has 0 spiro atoms. The normalized spacial score (nSPS) is 48.0. The van der Waals surface area contributed by atoms with E-state index in [1.807, 2.05) is 13.8 Å². The second kappa shape index (κ2) is 6.18. The predicted molar refractivity (Wildman–Crippen MR) is 109 cm³/mol. The second-order valence-corrected chi connectivity index (χ2v) is 10.6. The molecular formula is C24H30N2O4. The fourth-order valence-corrected chi connectivity index (χ4v) is 8.62. The molecule has 0 aromatic rings. The summed E-state index contributed by atoms with van der Waals surface area (Å²) in [5.74, 6) is 0.0527. The number of carbonyl (C=O) groups is 2. The molecule has 1 aliphatic heterocycles. The van der Waals surface area contributed by atoms with Crippen molar-refractivity contribution in [3.63, 3.8) is 0 Å². The molecule has 0 aromatic carbocycles. The fraction of sp³-hybridized carbons (Fsp3) is 0.750. The van der Waals surface area contributed by atoms with Crippen LogP contribution in [0.4, 0.5) is 0 Å². The Labute approximate surface area is 177 Å². The molecule has 4 aliphatic carbocycles. The third-order valence-electron chi connectivity index (χ3n) is 9.49. The van der Waals surface area contributed by atoms with Crippen LogP contribution in [-0.2, 0) is 14.4 Å². The van der Waals surface area contributed by atoms with E-state index in [4.69, 9.17) is 10.1 Å². The molecule has 160 valence electrons. The molecule has 6 heteroatoms. The van der Waals surface area contributed by atoms with Crippen molar-refractivity contribution in [1.29, 1.82) is 5.26 Å². The van der Waals surface area contributed by atoms with E-state index in [0.717, 1.165) is 36.8 Å². The standard InChI is InChI=1S/C24H30N2O4/c1-13(2)19-8-15-10-22(12-27)18-5-4-14(3)17(18)11-23(15,24(19,22)21(28)29)20-9-16(6-7-25)30-26-20/h8,12-18H,4-6,9-11H2,1-3H3,(H,28,29)/t14-,15?,16?,17-,18-,22?,23?,24+/m1/s1. The maximum absolute atomic E-state index is 13.4. The minimum atomic E-state index is -1.25. The Morgan fingerprint density at radius 2 is 2.20 bits per heavy atom. The molecule has 3 fully saturated rings. The number of nitriles is 1. The van der Waals surface area contributed by atoms with Gasteiger partial charge in [-0.15, -0.1) is 0 Å². The molecule has 4 unspecified atom stereocenters. The number of aldehydes is 1. The monoisotopic (exact) mass is 410 g/mol. The molecule has 0 radical (unpaired) electrons. The number of carboxylic acid groups (broad SMARTS) is 1. The zero-order valence-electron chi connectivity index (χ0n) is 17.9. The molecular weight excluding hydrogens is 380 g/mol. The molecule has 0 aromatic heterocycles. The van der Waals surface area contributed by atoms with E-state index in [1.165, 1.54) is 0 Å². The maximum Gasteiger partial charge on any atom is 0.315 e. The Morgan fingerprint density at radius 1 is 1.43 bits per heavy atom. The molecule has 5 rings (SSSR count). The Kier molecular flexibility index (Phi) is 4.08. The smallest absolute Gasteiger partial charge is 0.315 e. The number of hydrogen-bond acceptors (Lipinski definition) is 5. The van der Waals surface area contributed by atoms with Crippen LogP contribution in [0.15, 0.2) is 16.8 Å². The summed E-state index contributed by atoms with van der Waals surface area (Å²) in [6.07, 6.45) is 6.91. The Balaban J connectivity index is 1.76. The van der Waals surface area contributed by atoms with Gasteiger partial charge < -0.3 is 14.7 Å². The number of hydrogen-bond donors (Lipinski definition) is 1. The Morgan fingerprint density at radius 3 is 2.83 bits per heavy atom. The third-order valence-corrected chi connectivity index (χ3v) is 9.49. The number of carboxylic acids is 1. The molecule has 1 heterocycles. The average Bonchev–Trinajstić information content (AvgIpc) is 3.42. The first kappa shape index (κ1) is 19.8. The quantitative estimate of drug-likeness (QED) is 0.546. The first-order valence-electron chi connectivity index (χ1n) is 11.3. The number of carbonyl (C=O) groups excluding carboxylic acids is 1. The van der Waals surface area contributed by atoms with Crippen molar-refractivity contribution in [2.24, 2.45) is 51.0 Å². The number of oxime groups is 1. The molecule has 0 amide bonds. The predicted octanol–water partition coefficient (Wildman–Crippen LogP) is 3.97. The summed E-state index contributed by atoms with van der Waals surface area (Å²) in [6.45, 7) is 6.33. The third kappa shape index (κ3) is 1.89. The van der Waals surface area contributed by atoms with Crippen molar-refractivity contribution < 1.29 is 19.5 Å². The highest BCUT2D eigenvalue weighted by Crippen LogP contribution is 2.83. The van der Waals surface area contributed by atoms with Gasteiger partial charge in [0, 0.05) is 11.8 Å². The number of aliphatic carboxylic acids is 1. The van der Waals surface area contributed by atoms with Crippen molar-refractivity contribution in [1.82, 2.24) is 0 Å². The van der Waals surface area contributed by atoms with Gasteiger partial charge in [0.15, 0.2) is 0 Å². The molecule has 4 bridgehead atoms. The zero-order chi connectivity index (χ0) is 21.5. The van der Waals surface area contributed by atoms with Crippen LogP contribution in [0.5, 0.6) is 0 Å². The second-order valence-electron chi connectivity index (χ2n) is 10.6. The maximum atomic E-state index is 13.4. The molecule has 3 saturated carbocycles. The van der Waals surface area contributed by atoms with Gasteiger partial charge >= 0.3 is 5.97 Å². The van der Waals surface area contributed by atoms with E-state index in [2.05, 4.69) is 24.2 Å². The minimum Gasteiger partial charge on any atom is -0.481 e. The fourth-order valence-electron chi connectivity index (χ4n) is 8.62. The van der Waals surface area contributed by atoms with Crippen LogP contribution in [0, 0.1) is 57.2 Å². The molecule has 6 nitrogen and oxygen atoms in total. The number of nitrogens with zero attached hydrogens (tertiary/aromatic N) is 2. The zero-order valence-corrected chi connectivity index (χ0v) is 17.9. The van der Waals surface area contributed by atoms with Crippen LogP contribution in [0.25, 0.3) is 0 Å². The minimum absolute atomic E-state index is 0.0165. The average molecular weight is 411 g/mol. The lowest BCUT2D eigenvalue weighted by molar-refractivity contribution is -0.173. The Bertz CT molecular complexity index is 917. The van der Waals surface area contributed by atoms with Gasteiger partial charge in [-0.2, -0.15) is 5.26 Å². The highest BCUT2D eigenvalue weighted by Gasteiger charge is 2.85. The number of rotatable bonds is 5. The summed E-state index contributed by atoms with van der Waals surface area (Å²) in [4.78, 5) is 32.0. The Hall–Kier alpha value is -2.16. The summed E-state index contributed by atoms with van der Waals surface area (Å²) in [6, 6.07) is 2.15. The lowest BCUT2D eigenvalue weighted by Crippen LogP contribution is -2.64. The van der Waals surface area contributed by atoms with Crippen molar-refractivity contribution in [2.45, 2.75) is 65.4 Å². The lowest BCUT2D eigenvalue weighted by atomic mass is 9.41. The lowest BCUT2D eigenvalue weighted by Gasteiger charge is -2.58. The van der Waals surface area contributed by atoms with Crippen LogP contribution in [-0.4, -0.2) is 29.2 Å². The van der Waals surface area contributed by atoms with E-state index in [9.17, 15) is 14.7 Å². The van der Waals surface area contributed by atoms with E-state index < -0.39 is 22.2 Å². The van der Waals surface area contributed by atoms with Gasteiger partial charge in [-0.05, 0) is 48.9 Å². The van der Waals surface area contributed by atoms with Crippen LogP contribution < -0.4 is 0 Å². The van der Waals surface area contributed by atoms with Gasteiger partial charge in [-0.1, -0.05) is 44.0 Å². The first-order valence-corrected chi connectivity index (χ1v) is 11.3. The number of allylic oxidation sites excluding steroid dienone is 1. The summed E-state index contributed by atoms with van der Waals surface area (Å²) in [5.41, 5.74) is -1.17. The van der Waals surface area contributed by atoms with Crippen LogP contribution in [0.2, 0.25) is 0 Å². The molecule has 5 aliphatic rings. The van der Waals surface area contributed by atoms with Gasteiger partial charge in [0.25, 0.3) is 0 Å². The molecule has 8 atom stereocenters. The highest BCUT2D eigenvalue weighted by molar-refractivity contribution is 6.03. The SMILES string of the molecule is CC(C)C1=CC2CC3(C=O)[C@@H]4CC[C@@H](C)[C@H]4CC2(C2=NOC(CC#N)C2)[C@]13C(=O)O. The molecule has 0 saturated heterocycles. The van der Waals surface area contributed by atoms with E-state index in [0.29, 0.717) is 24.7 Å². The van der Waals surface area contributed by atoms with Gasteiger partial charge in [0.05, 0.1) is 23.6 Å². The van der Waals surface area contributed by atoms with Crippen LogP contribution in [0.1, 0.15) is 59.3 Å². The summed E-state index contributed by atoms with van der Waals surface area (Å²) in [5, 5.41) is 24.5. The first-order chi connectivity index (χ1) is 14.3. The van der Waals surface area contributed by atoms with Crippen molar-refractivity contribution in [2.75, 3.05) is 0 Å². The highest BCUT2D eigenvalue weighted by atomic mass is 16.6. The largest absolute Gasteiger partial charge is 0.481 e. The molecule has 30 heavy (non-hydrogen) atoms.